The van der Waals surface area contributed by atoms with Crippen LogP contribution in [0.15, 0.2) is 66.7 Å². The number of alkyl halides is 3. The van der Waals surface area contributed by atoms with Crippen LogP contribution in [-0.4, -0.2) is 16.9 Å². The number of hydrogen-bond donors (Lipinski definition) is 0. The Morgan fingerprint density at radius 1 is 1.00 bits per heavy atom. The normalized spacial score (nSPS) is 16.5. The van der Waals surface area contributed by atoms with E-state index in [1.807, 2.05) is 6.07 Å². The molecule has 0 radical (unpaired) electrons. The van der Waals surface area contributed by atoms with Crippen LogP contribution >= 0.6 is 0 Å². The molecule has 0 amide bonds. The minimum atomic E-state index is -4.33. The summed E-state index contributed by atoms with van der Waals surface area (Å²) in [4.78, 5) is 18.2. The van der Waals surface area contributed by atoms with Gasteiger partial charge in [0.15, 0.2) is 0 Å². The molecule has 1 heterocycles. The largest absolute Gasteiger partial charge is 0.395 e. The molecule has 3 nitrogen and oxygen atoms in total. The zero-order chi connectivity index (χ0) is 19.7. The molecule has 4 rings (SSSR count). The molecule has 1 aromatic heterocycles. The summed E-state index contributed by atoms with van der Waals surface area (Å²) in [5.74, 6) is -2.15. The highest BCUT2D eigenvalue weighted by atomic mass is 19.4. The molecule has 1 aliphatic carbocycles. The van der Waals surface area contributed by atoms with Crippen molar-refractivity contribution in [2.24, 2.45) is 0 Å². The van der Waals surface area contributed by atoms with Gasteiger partial charge in [0, 0.05) is 5.56 Å². The average molecular weight is 385 g/mol. The van der Waals surface area contributed by atoms with Crippen LogP contribution in [0.5, 0.6) is 0 Å². The topological polar surface area (TPSA) is 31.2 Å². The average Bonchev–Trinajstić information content (AvgIpc) is 3.07. The van der Waals surface area contributed by atoms with E-state index in [2.05, 4.69) is 0 Å². The molecule has 1 atom stereocenters. The number of hydrogen-bond acceptors (Lipinski definition) is 2. The van der Waals surface area contributed by atoms with Crippen LogP contribution in [0.1, 0.15) is 40.4 Å². The van der Waals surface area contributed by atoms with Gasteiger partial charge in [-0.2, -0.15) is 17.9 Å². The van der Waals surface area contributed by atoms with Crippen molar-refractivity contribution in [2.45, 2.75) is 31.4 Å². The quantitative estimate of drug-likeness (QED) is 0.604. The second-order valence-electron chi connectivity index (χ2n) is 6.82. The lowest BCUT2D eigenvalue weighted by atomic mass is 9.86. The monoisotopic (exact) mass is 385 g/mol. The highest BCUT2D eigenvalue weighted by Crippen LogP contribution is 2.45. The number of rotatable bonds is 3. The Kier molecular flexibility index (Phi) is 4.71. The third-order valence-electron chi connectivity index (χ3n) is 5.02. The van der Waals surface area contributed by atoms with Crippen molar-refractivity contribution in [3.05, 3.63) is 83.6 Å². The third-order valence-corrected chi connectivity index (χ3v) is 5.02. The molecule has 0 aliphatic heterocycles. The van der Waals surface area contributed by atoms with Gasteiger partial charge in [0.25, 0.3) is 0 Å². The summed E-state index contributed by atoms with van der Waals surface area (Å²) in [7, 11) is 0. The minimum absolute atomic E-state index is 0.0430. The van der Waals surface area contributed by atoms with Crippen LogP contribution in [0.25, 0.3) is 11.3 Å². The van der Waals surface area contributed by atoms with Crippen LogP contribution in [0.4, 0.5) is 13.2 Å². The van der Waals surface area contributed by atoms with Gasteiger partial charge < -0.3 is 4.84 Å². The van der Waals surface area contributed by atoms with E-state index in [1.165, 1.54) is 10.8 Å². The molecule has 0 spiro atoms. The Morgan fingerprint density at radius 2 is 1.64 bits per heavy atom. The Morgan fingerprint density at radius 3 is 2.29 bits per heavy atom. The van der Waals surface area contributed by atoms with Crippen molar-refractivity contribution in [1.82, 2.24) is 4.73 Å². The fourth-order valence-electron chi connectivity index (χ4n) is 3.69. The third kappa shape index (κ3) is 3.42. The first-order valence-electron chi connectivity index (χ1n) is 9.09. The molecule has 0 N–H and O–H groups in total. The maximum Gasteiger partial charge on any atom is 0.395 e. The lowest BCUT2D eigenvalue weighted by Gasteiger charge is -2.25. The van der Waals surface area contributed by atoms with Gasteiger partial charge in [-0.25, -0.2) is 4.79 Å². The molecule has 6 heteroatoms. The second kappa shape index (κ2) is 7.19. The highest BCUT2D eigenvalue weighted by molar-refractivity contribution is 5.89. The number of carbonyl (C=O) groups excluding carboxylic acids is 1. The molecule has 0 saturated carbocycles. The Labute approximate surface area is 160 Å². The standard InChI is InChI=1S/C22H18F3NO2/c23-22(24,25)18-12-7-13-19-17(18)14-20(15-8-3-1-4-9-15)26(19)28-21(27)16-10-5-2-6-11-16/h1-6,8-11,14,18H,7,12-13H2. The summed E-state index contributed by atoms with van der Waals surface area (Å²) >= 11 is 0. The van der Waals surface area contributed by atoms with Crippen LogP contribution in [-0.2, 0) is 6.42 Å². The Balaban J connectivity index is 1.82. The van der Waals surface area contributed by atoms with Crippen molar-refractivity contribution in [3.63, 3.8) is 0 Å². The van der Waals surface area contributed by atoms with Gasteiger partial charge in [-0.15, -0.1) is 0 Å². The first-order valence-corrected chi connectivity index (χ1v) is 9.09. The SMILES string of the molecule is O=C(On1c(-c2ccccc2)cc2c1CCCC2C(F)(F)F)c1ccccc1. The van der Waals surface area contributed by atoms with E-state index >= 15 is 0 Å². The summed E-state index contributed by atoms with van der Waals surface area (Å²) < 4.78 is 42.0. The number of nitrogens with zero attached hydrogens (tertiary/aromatic N) is 1. The van der Waals surface area contributed by atoms with Crippen molar-refractivity contribution >= 4 is 5.97 Å². The number of aromatic nitrogens is 1. The van der Waals surface area contributed by atoms with E-state index in [4.69, 9.17) is 4.84 Å². The molecule has 1 unspecified atom stereocenters. The van der Waals surface area contributed by atoms with E-state index < -0.39 is 18.1 Å². The van der Waals surface area contributed by atoms with Gasteiger partial charge in [-0.3, -0.25) is 0 Å². The fraction of sp³-hybridized carbons (Fsp3) is 0.227. The lowest BCUT2D eigenvalue weighted by Crippen LogP contribution is -2.27. The van der Waals surface area contributed by atoms with Gasteiger partial charge in [0.1, 0.15) is 0 Å². The van der Waals surface area contributed by atoms with E-state index in [-0.39, 0.29) is 12.0 Å². The Bertz CT molecular complexity index is 978. The highest BCUT2D eigenvalue weighted by Gasteiger charge is 2.44. The summed E-state index contributed by atoms with van der Waals surface area (Å²) in [5.41, 5.74) is 2.09. The van der Waals surface area contributed by atoms with Crippen LogP contribution in [0, 0.1) is 0 Å². The maximum atomic E-state index is 13.6. The molecule has 0 saturated heterocycles. The van der Waals surface area contributed by atoms with E-state index in [0.29, 0.717) is 35.4 Å². The Hall–Kier alpha value is -3.02. The molecule has 0 bridgehead atoms. The number of halogens is 3. The fourth-order valence-corrected chi connectivity index (χ4v) is 3.69. The van der Waals surface area contributed by atoms with Crippen molar-refractivity contribution in [2.75, 3.05) is 0 Å². The second-order valence-corrected chi connectivity index (χ2v) is 6.82. The molecular formula is C22H18F3NO2. The molecule has 1 aliphatic rings. The van der Waals surface area contributed by atoms with Gasteiger partial charge in [0.2, 0.25) is 0 Å². The summed E-state index contributed by atoms with van der Waals surface area (Å²) in [5, 5.41) is 0. The van der Waals surface area contributed by atoms with Crippen molar-refractivity contribution < 1.29 is 22.8 Å². The zero-order valence-corrected chi connectivity index (χ0v) is 14.9. The maximum absolute atomic E-state index is 13.6. The molecule has 2 aromatic carbocycles. The lowest BCUT2D eigenvalue weighted by molar-refractivity contribution is -0.153. The van der Waals surface area contributed by atoms with E-state index in [1.54, 1.807) is 54.6 Å². The molecule has 0 fully saturated rings. The van der Waals surface area contributed by atoms with Crippen molar-refractivity contribution in [1.29, 1.82) is 0 Å². The van der Waals surface area contributed by atoms with Crippen molar-refractivity contribution in [3.8, 4) is 11.3 Å². The molecule has 3 aromatic rings. The van der Waals surface area contributed by atoms with E-state index in [9.17, 15) is 18.0 Å². The summed E-state index contributed by atoms with van der Waals surface area (Å²) in [6.45, 7) is 0. The van der Waals surface area contributed by atoms with Gasteiger partial charge in [0.05, 0.1) is 22.9 Å². The van der Waals surface area contributed by atoms with Crippen LogP contribution in [0.3, 0.4) is 0 Å². The van der Waals surface area contributed by atoms with Crippen LogP contribution < -0.4 is 4.84 Å². The minimum Gasteiger partial charge on any atom is -0.331 e. The molecule has 28 heavy (non-hydrogen) atoms. The van der Waals surface area contributed by atoms with E-state index in [0.717, 1.165) is 0 Å². The van der Waals surface area contributed by atoms with Gasteiger partial charge in [-0.1, -0.05) is 48.5 Å². The summed E-state index contributed by atoms with van der Waals surface area (Å²) in [6, 6.07) is 18.9. The predicted octanol–water partition coefficient (Wildman–Crippen LogP) is 5.41. The van der Waals surface area contributed by atoms with Crippen LogP contribution in [0.2, 0.25) is 0 Å². The van der Waals surface area contributed by atoms with Gasteiger partial charge >= 0.3 is 12.1 Å². The number of benzene rings is 2. The zero-order valence-electron chi connectivity index (χ0n) is 14.9. The number of fused-ring (bicyclic) bond motifs is 1. The number of carbonyl (C=O) groups is 1. The first-order chi connectivity index (χ1) is 13.4. The summed E-state index contributed by atoms with van der Waals surface area (Å²) in [6.07, 6.45) is -3.48. The smallest absolute Gasteiger partial charge is 0.331 e. The molecular weight excluding hydrogens is 367 g/mol. The first kappa shape index (κ1) is 18.3. The molecule has 144 valence electrons. The van der Waals surface area contributed by atoms with Gasteiger partial charge in [-0.05, 0) is 43.0 Å². The predicted molar refractivity (Wildman–Crippen MR) is 99.0 cm³/mol.